The first kappa shape index (κ1) is 20.0. The van der Waals surface area contributed by atoms with Crippen molar-refractivity contribution in [3.63, 3.8) is 0 Å². The van der Waals surface area contributed by atoms with Gasteiger partial charge in [-0.25, -0.2) is 0 Å². The SMILES string of the molecule is CC(=O)Nc1ccc(CCN=C(N)NC(C)CCCC(C)C)cc1. The second-order valence-electron chi connectivity index (χ2n) is 6.77. The molecule has 1 aromatic rings. The molecule has 1 unspecified atom stereocenters. The molecule has 4 N–H and O–H groups in total. The van der Waals surface area contributed by atoms with E-state index in [1.165, 1.54) is 25.3 Å². The van der Waals surface area contributed by atoms with Gasteiger partial charge in [-0.1, -0.05) is 38.8 Å². The lowest BCUT2D eigenvalue weighted by Gasteiger charge is -2.15. The smallest absolute Gasteiger partial charge is 0.221 e. The van der Waals surface area contributed by atoms with Crippen LogP contribution in [-0.4, -0.2) is 24.5 Å². The Hall–Kier alpha value is -2.04. The average molecular weight is 332 g/mol. The maximum atomic E-state index is 11.0. The molecule has 0 spiro atoms. The number of rotatable bonds is 9. The first-order valence-corrected chi connectivity index (χ1v) is 8.79. The minimum absolute atomic E-state index is 0.0614. The van der Waals surface area contributed by atoms with Gasteiger partial charge in [0.25, 0.3) is 0 Å². The van der Waals surface area contributed by atoms with Crippen LogP contribution in [0.5, 0.6) is 0 Å². The number of guanidine groups is 1. The van der Waals surface area contributed by atoms with Gasteiger partial charge in [0, 0.05) is 25.2 Å². The fraction of sp³-hybridized carbons (Fsp3) is 0.579. The number of nitrogens with zero attached hydrogens (tertiary/aromatic N) is 1. The third-order valence-electron chi connectivity index (χ3n) is 3.77. The van der Waals surface area contributed by atoms with Crippen molar-refractivity contribution >= 4 is 17.6 Å². The Kier molecular flexibility index (Phi) is 8.90. The Morgan fingerprint density at radius 1 is 1.17 bits per heavy atom. The Balaban J connectivity index is 2.31. The Morgan fingerprint density at radius 3 is 2.42 bits per heavy atom. The summed E-state index contributed by atoms with van der Waals surface area (Å²) in [6.45, 7) is 8.79. The topological polar surface area (TPSA) is 79.5 Å². The van der Waals surface area contributed by atoms with Crippen molar-refractivity contribution in [3.05, 3.63) is 29.8 Å². The van der Waals surface area contributed by atoms with Crippen LogP contribution in [0.3, 0.4) is 0 Å². The van der Waals surface area contributed by atoms with Crippen molar-refractivity contribution in [1.82, 2.24) is 5.32 Å². The van der Waals surface area contributed by atoms with Crippen LogP contribution in [0.15, 0.2) is 29.3 Å². The van der Waals surface area contributed by atoms with Crippen molar-refractivity contribution in [3.8, 4) is 0 Å². The number of hydrogen-bond donors (Lipinski definition) is 3. The molecule has 0 aliphatic carbocycles. The van der Waals surface area contributed by atoms with Crippen molar-refractivity contribution < 1.29 is 4.79 Å². The van der Waals surface area contributed by atoms with Crippen molar-refractivity contribution in [2.45, 2.75) is 59.4 Å². The zero-order valence-electron chi connectivity index (χ0n) is 15.4. The number of nitrogens with two attached hydrogens (primary N) is 1. The van der Waals surface area contributed by atoms with E-state index in [0.717, 1.165) is 24.4 Å². The quantitative estimate of drug-likeness (QED) is 0.479. The number of benzene rings is 1. The molecular formula is C19H32N4O. The molecule has 0 radical (unpaired) electrons. The molecule has 0 heterocycles. The summed E-state index contributed by atoms with van der Waals surface area (Å²) < 4.78 is 0. The van der Waals surface area contributed by atoms with Gasteiger partial charge in [0.05, 0.1) is 0 Å². The van der Waals surface area contributed by atoms with E-state index < -0.39 is 0 Å². The molecule has 1 aromatic carbocycles. The highest BCUT2D eigenvalue weighted by molar-refractivity contribution is 5.88. The van der Waals surface area contributed by atoms with Crippen LogP contribution in [0.2, 0.25) is 0 Å². The second kappa shape index (κ2) is 10.7. The number of aliphatic imine (C=N–C) groups is 1. The monoisotopic (exact) mass is 332 g/mol. The van der Waals surface area contributed by atoms with Gasteiger partial charge in [0.15, 0.2) is 5.96 Å². The number of carbonyl (C=O) groups excluding carboxylic acids is 1. The zero-order chi connectivity index (χ0) is 17.9. The Labute approximate surface area is 146 Å². The fourth-order valence-electron chi connectivity index (χ4n) is 2.47. The van der Waals surface area contributed by atoms with E-state index in [4.69, 9.17) is 5.73 Å². The maximum Gasteiger partial charge on any atom is 0.221 e. The number of anilines is 1. The van der Waals surface area contributed by atoms with Gasteiger partial charge in [-0.3, -0.25) is 9.79 Å². The molecule has 24 heavy (non-hydrogen) atoms. The third kappa shape index (κ3) is 9.18. The molecule has 0 saturated heterocycles. The van der Waals surface area contributed by atoms with Gasteiger partial charge in [-0.2, -0.15) is 0 Å². The van der Waals surface area contributed by atoms with Gasteiger partial charge in [-0.15, -0.1) is 0 Å². The summed E-state index contributed by atoms with van der Waals surface area (Å²) in [5.74, 6) is 1.20. The summed E-state index contributed by atoms with van der Waals surface area (Å²) in [7, 11) is 0. The Bertz CT molecular complexity index is 523. The van der Waals surface area contributed by atoms with Crippen LogP contribution in [0, 0.1) is 5.92 Å². The first-order chi connectivity index (χ1) is 11.4. The number of nitrogens with one attached hydrogen (secondary N) is 2. The molecule has 0 aromatic heterocycles. The Morgan fingerprint density at radius 2 is 1.83 bits per heavy atom. The van der Waals surface area contributed by atoms with Crippen molar-refractivity contribution in [2.75, 3.05) is 11.9 Å². The maximum absolute atomic E-state index is 11.0. The lowest BCUT2D eigenvalue weighted by atomic mass is 10.0. The van der Waals surface area contributed by atoms with Gasteiger partial charge in [0.2, 0.25) is 5.91 Å². The first-order valence-electron chi connectivity index (χ1n) is 8.79. The van der Waals surface area contributed by atoms with E-state index in [0.29, 0.717) is 18.5 Å². The van der Waals surface area contributed by atoms with E-state index in [1.54, 1.807) is 0 Å². The molecule has 0 aliphatic rings. The van der Waals surface area contributed by atoms with Gasteiger partial charge < -0.3 is 16.4 Å². The number of amides is 1. The highest BCUT2D eigenvalue weighted by Crippen LogP contribution is 2.10. The summed E-state index contributed by atoms with van der Waals surface area (Å²) in [6.07, 6.45) is 4.39. The highest BCUT2D eigenvalue weighted by atomic mass is 16.1. The standard InChI is InChI=1S/C19H32N4O/c1-14(2)6-5-7-15(3)22-19(20)21-13-12-17-8-10-18(11-9-17)23-16(4)24/h8-11,14-15H,5-7,12-13H2,1-4H3,(H,23,24)(H3,20,21,22). The van der Waals surface area contributed by atoms with E-state index in [1.807, 2.05) is 24.3 Å². The largest absolute Gasteiger partial charge is 0.370 e. The van der Waals surface area contributed by atoms with E-state index in [-0.39, 0.29) is 5.91 Å². The third-order valence-corrected chi connectivity index (χ3v) is 3.77. The van der Waals surface area contributed by atoms with Gasteiger partial charge in [0.1, 0.15) is 0 Å². The van der Waals surface area contributed by atoms with Crippen LogP contribution in [-0.2, 0) is 11.2 Å². The van der Waals surface area contributed by atoms with Crippen LogP contribution in [0.25, 0.3) is 0 Å². The molecular weight excluding hydrogens is 300 g/mol. The molecule has 0 aliphatic heterocycles. The molecule has 0 saturated carbocycles. The van der Waals surface area contributed by atoms with Gasteiger partial charge in [-0.05, 0) is 43.4 Å². The molecule has 1 rings (SSSR count). The van der Waals surface area contributed by atoms with Crippen molar-refractivity contribution in [1.29, 1.82) is 0 Å². The predicted octanol–water partition coefficient (Wildman–Crippen LogP) is 3.31. The lowest BCUT2D eigenvalue weighted by Crippen LogP contribution is -2.38. The average Bonchev–Trinajstić information content (AvgIpc) is 2.48. The highest BCUT2D eigenvalue weighted by Gasteiger charge is 2.04. The van der Waals surface area contributed by atoms with Crippen LogP contribution >= 0.6 is 0 Å². The minimum Gasteiger partial charge on any atom is -0.370 e. The molecule has 5 nitrogen and oxygen atoms in total. The summed E-state index contributed by atoms with van der Waals surface area (Å²) >= 11 is 0. The van der Waals surface area contributed by atoms with Crippen LogP contribution in [0.4, 0.5) is 5.69 Å². The molecule has 5 heteroatoms. The van der Waals surface area contributed by atoms with Crippen LogP contribution in [0.1, 0.15) is 52.5 Å². The minimum atomic E-state index is -0.0614. The molecule has 134 valence electrons. The predicted molar refractivity (Wildman–Crippen MR) is 102 cm³/mol. The van der Waals surface area contributed by atoms with Crippen LogP contribution < -0.4 is 16.4 Å². The second-order valence-corrected chi connectivity index (χ2v) is 6.77. The molecule has 1 atom stereocenters. The van der Waals surface area contributed by atoms with Gasteiger partial charge >= 0.3 is 0 Å². The molecule has 0 bridgehead atoms. The summed E-state index contributed by atoms with van der Waals surface area (Å²) in [5.41, 5.74) is 7.92. The number of carbonyl (C=O) groups is 1. The lowest BCUT2D eigenvalue weighted by molar-refractivity contribution is -0.114. The summed E-state index contributed by atoms with van der Waals surface area (Å²) in [5, 5.41) is 6.01. The van der Waals surface area contributed by atoms with E-state index in [2.05, 4.69) is 36.4 Å². The van der Waals surface area contributed by atoms with E-state index >= 15 is 0 Å². The van der Waals surface area contributed by atoms with Crippen molar-refractivity contribution in [2.24, 2.45) is 16.6 Å². The molecule has 0 fully saturated rings. The molecule has 1 amide bonds. The zero-order valence-corrected chi connectivity index (χ0v) is 15.4. The summed E-state index contributed by atoms with van der Waals surface area (Å²) in [6, 6.07) is 8.15. The summed E-state index contributed by atoms with van der Waals surface area (Å²) in [4.78, 5) is 15.4. The van der Waals surface area contributed by atoms with E-state index in [9.17, 15) is 4.79 Å². The normalized spacial score (nSPS) is 13.0. The fourth-order valence-corrected chi connectivity index (χ4v) is 2.47. The number of hydrogen-bond acceptors (Lipinski definition) is 2.